The first kappa shape index (κ1) is 12.8. The molecule has 0 aliphatic heterocycles. The van der Waals surface area contributed by atoms with E-state index < -0.39 is 18.6 Å². The SMILES string of the molecule is CCc1cccnc1NC(C)CC(F)(F)F. The summed E-state index contributed by atoms with van der Waals surface area (Å²) in [5.74, 6) is 0.543. The van der Waals surface area contributed by atoms with Crippen molar-refractivity contribution in [1.29, 1.82) is 0 Å². The number of halogens is 3. The Morgan fingerprint density at radius 3 is 2.69 bits per heavy atom. The van der Waals surface area contributed by atoms with Crippen molar-refractivity contribution in [2.45, 2.75) is 38.9 Å². The van der Waals surface area contributed by atoms with Crippen LogP contribution in [-0.4, -0.2) is 17.2 Å². The maximum Gasteiger partial charge on any atom is 0.391 e. The van der Waals surface area contributed by atoms with Gasteiger partial charge in [0.1, 0.15) is 5.82 Å². The number of anilines is 1. The maximum atomic E-state index is 12.1. The Kier molecular flexibility index (Phi) is 4.15. The van der Waals surface area contributed by atoms with Crippen LogP contribution < -0.4 is 5.32 Å². The van der Waals surface area contributed by atoms with E-state index in [1.54, 1.807) is 12.3 Å². The molecular formula is C11H15F3N2. The van der Waals surface area contributed by atoms with Crippen molar-refractivity contribution in [2.75, 3.05) is 5.32 Å². The Morgan fingerprint density at radius 1 is 1.44 bits per heavy atom. The molecule has 2 nitrogen and oxygen atoms in total. The second-order valence-corrected chi connectivity index (χ2v) is 3.73. The summed E-state index contributed by atoms with van der Waals surface area (Å²) in [7, 11) is 0. The van der Waals surface area contributed by atoms with E-state index in [9.17, 15) is 13.2 Å². The van der Waals surface area contributed by atoms with Crippen LogP contribution in [0.25, 0.3) is 0 Å². The third-order valence-electron chi connectivity index (χ3n) is 2.19. The molecule has 0 bridgehead atoms. The van der Waals surface area contributed by atoms with Gasteiger partial charge in [-0.1, -0.05) is 13.0 Å². The summed E-state index contributed by atoms with van der Waals surface area (Å²) in [6.45, 7) is 3.44. The van der Waals surface area contributed by atoms with E-state index in [2.05, 4.69) is 10.3 Å². The summed E-state index contributed by atoms with van der Waals surface area (Å²) in [6, 6.07) is 2.97. The van der Waals surface area contributed by atoms with Crippen molar-refractivity contribution < 1.29 is 13.2 Å². The molecule has 0 fully saturated rings. The Hall–Kier alpha value is -1.26. The summed E-state index contributed by atoms with van der Waals surface area (Å²) in [5.41, 5.74) is 0.927. The number of nitrogens with one attached hydrogen (secondary N) is 1. The lowest BCUT2D eigenvalue weighted by molar-refractivity contribution is -0.136. The molecule has 1 atom stereocenters. The number of hydrogen-bond acceptors (Lipinski definition) is 2. The van der Waals surface area contributed by atoms with E-state index in [1.165, 1.54) is 6.92 Å². The van der Waals surface area contributed by atoms with Crippen LogP contribution >= 0.6 is 0 Å². The van der Waals surface area contributed by atoms with Gasteiger partial charge in [-0.2, -0.15) is 13.2 Å². The fourth-order valence-corrected chi connectivity index (χ4v) is 1.49. The zero-order valence-electron chi connectivity index (χ0n) is 9.30. The first-order chi connectivity index (χ1) is 7.42. The zero-order chi connectivity index (χ0) is 12.2. The fraction of sp³-hybridized carbons (Fsp3) is 0.545. The Balaban J connectivity index is 2.65. The van der Waals surface area contributed by atoms with E-state index in [-0.39, 0.29) is 0 Å². The maximum absolute atomic E-state index is 12.1. The van der Waals surface area contributed by atoms with Gasteiger partial charge in [0.05, 0.1) is 6.42 Å². The van der Waals surface area contributed by atoms with E-state index >= 15 is 0 Å². The van der Waals surface area contributed by atoms with Gasteiger partial charge in [0.15, 0.2) is 0 Å². The predicted octanol–water partition coefficient (Wildman–Crippen LogP) is 3.40. The van der Waals surface area contributed by atoms with Gasteiger partial charge in [-0.3, -0.25) is 0 Å². The molecule has 1 rings (SSSR count). The highest BCUT2D eigenvalue weighted by atomic mass is 19.4. The van der Waals surface area contributed by atoms with Crippen molar-refractivity contribution in [3.05, 3.63) is 23.9 Å². The Bertz CT molecular complexity index is 336. The molecule has 1 unspecified atom stereocenters. The first-order valence-electron chi connectivity index (χ1n) is 5.19. The van der Waals surface area contributed by atoms with E-state index in [0.29, 0.717) is 5.82 Å². The average Bonchev–Trinajstić information content (AvgIpc) is 2.15. The van der Waals surface area contributed by atoms with Crippen LogP contribution in [-0.2, 0) is 6.42 Å². The van der Waals surface area contributed by atoms with Gasteiger partial charge in [-0.25, -0.2) is 4.98 Å². The number of nitrogens with zero attached hydrogens (tertiary/aromatic N) is 1. The highest BCUT2D eigenvalue weighted by molar-refractivity contribution is 5.44. The smallest absolute Gasteiger partial charge is 0.367 e. The summed E-state index contributed by atoms with van der Waals surface area (Å²) in [5, 5.41) is 2.79. The van der Waals surface area contributed by atoms with Crippen LogP contribution in [0.2, 0.25) is 0 Å². The number of hydrogen-bond donors (Lipinski definition) is 1. The topological polar surface area (TPSA) is 24.9 Å². The van der Waals surface area contributed by atoms with E-state index in [4.69, 9.17) is 0 Å². The molecule has 0 saturated carbocycles. The second kappa shape index (κ2) is 5.18. The van der Waals surface area contributed by atoms with Crippen molar-refractivity contribution >= 4 is 5.82 Å². The lowest BCUT2D eigenvalue weighted by Gasteiger charge is -2.17. The van der Waals surface area contributed by atoms with Crippen LogP contribution in [0.15, 0.2) is 18.3 Å². The summed E-state index contributed by atoms with van der Waals surface area (Å²) in [4.78, 5) is 4.04. The lowest BCUT2D eigenvalue weighted by Crippen LogP contribution is -2.24. The third-order valence-corrected chi connectivity index (χ3v) is 2.19. The van der Waals surface area contributed by atoms with Gasteiger partial charge in [0, 0.05) is 12.2 Å². The normalized spacial score (nSPS) is 13.6. The average molecular weight is 232 g/mol. The van der Waals surface area contributed by atoms with Crippen molar-refractivity contribution in [1.82, 2.24) is 4.98 Å². The number of pyridine rings is 1. The van der Waals surface area contributed by atoms with Gasteiger partial charge in [-0.05, 0) is 25.0 Å². The molecular weight excluding hydrogens is 217 g/mol. The highest BCUT2D eigenvalue weighted by Crippen LogP contribution is 2.23. The molecule has 0 aliphatic carbocycles. The van der Waals surface area contributed by atoms with Gasteiger partial charge in [-0.15, -0.1) is 0 Å². The quantitative estimate of drug-likeness (QED) is 0.860. The highest BCUT2D eigenvalue weighted by Gasteiger charge is 2.30. The Labute approximate surface area is 92.9 Å². The first-order valence-corrected chi connectivity index (χ1v) is 5.19. The van der Waals surface area contributed by atoms with Crippen LogP contribution in [0.1, 0.15) is 25.8 Å². The monoisotopic (exact) mass is 232 g/mol. The summed E-state index contributed by atoms with van der Waals surface area (Å²) < 4.78 is 36.4. The molecule has 0 amide bonds. The van der Waals surface area contributed by atoms with Crippen LogP contribution in [0.3, 0.4) is 0 Å². The summed E-state index contributed by atoms with van der Waals surface area (Å²) in [6.07, 6.45) is -2.68. The van der Waals surface area contributed by atoms with Gasteiger partial charge in [0.2, 0.25) is 0 Å². The standard InChI is InChI=1S/C11H15F3N2/c1-3-9-5-4-6-15-10(9)16-8(2)7-11(12,13)14/h4-6,8H,3,7H2,1-2H3,(H,15,16). The van der Waals surface area contributed by atoms with E-state index in [1.807, 2.05) is 13.0 Å². The zero-order valence-corrected chi connectivity index (χ0v) is 9.30. The van der Waals surface area contributed by atoms with Gasteiger partial charge < -0.3 is 5.32 Å². The lowest BCUT2D eigenvalue weighted by atomic mass is 10.1. The predicted molar refractivity (Wildman–Crippen MR) is 57.4 cm³/mol. The van der Waals surface area contributed by atoms with Gasteiger partial charge in [0.25, 0.3) is 0 Å². The van der Waals surface area contributed by atoms with Gasteiger partial charge >= 0.3 is 6.18 Å². The molecule has 0 aromatic carbocycles. The number of alkyl halides is 3. The van der Waals surface area contributed by atoms with E-state index in [0.717, 1.165) is 12.0 Å². The molecule has 1 N–H and O–H groups in total. The molecule has 0 spiro atoms. The number of aromatic nitrogens is 1. The van der Waals surface area contributed by atoms with Crippen molar-refractivity contribution in [3.63, 3.8) is 0 Å². The molecule has 90 valence electrons. The number of rotatable bonds is 4. The largest absolute Gasteiger partial charge is 0.391 e. The Morgan fingerprint density at radius 2 is 2.12 bits per heavy atom. The second-order valence-electron chi connectivity index (χ2n) is 3.73. The number of aryl methyl sites for hydroxylation is 1. The molecule has 0 aliphatic rings. The molecule has 5 heteroatoms. The molecule has 16 heavy (non-hydrogen) atoms. The minimum absolute atomic E-state index is 0.543. The molecule has 1 aromatic rings. The summed E-state index contributed by atoms with van der Waals surface area (Å²) >= 11 is 0. The molecule has 0 saturated heterocycles. The fourth-order valence-electron chi connectivity index (χ4n) is 1.49. The van der Waals surface area contributed by atoms with Crippen molar-refractivity contribution in [2.24, 2.45) is 0 Å². The molecule has 1 aromatic heterocycles. The molecule has 0 radical (unpaired) electrons. The van der Waals surface area contributed by atoms with Crippen LogP contribution in [0.5, 0.6) is 0 Å². The van der Waals surface area contributed by atoms with Crippen LogP contribution in [0, 0.1) is 0 Å². The molecule has 1 heterocycles. The minimum Gasteiger partial charge on any atom is -0.367 e. The minimum atomic E-state index is -4.15. The van der Waals surface area contributed by atoms with Crippen LogP contribution in [0.4, 0.5) is 19.0 Å². The van der Waals surface area contributed by atoms with Crippen molar-refractivity contribution in [3.8, 4) is 0 Å². The third kappa shape index (κ3) is 4.08.